The first-order valence-electron chi connectivity index (χ1n) is 10.8. The number of benzene rings is 1. The van der Waals surface area contributed by atoms with Crippen LogP contribution in [0.15, 0.2) is 42.6 Å². The van der Waals surface area contributed by atoms with Crippen molar-refractivity contribution in [2.75, 3.05) is 37.6 Å². The van der Waals surface area contributed by atoms with E-state index in [9.17, 15) is 22.8 Å². The van der Waals surface area contributed by atoms with Crippen molar-refractivity contribution in [3.8, 4) is 0 Å². The molecular weight excluding hydrogens is 421 g/mol. The van der Waals surface area contributed by atoms with Gasteiger partial charge in [-0.15, -0.1) is 0 Å². The molecule has 4 rings (SSSR count). The number of aromatic nitrogens is 1. The van der Waals surface area contributed by atoms with Gasteiger partial charge in [-0.3, -0.25) is 9.59 Å². The minimum atomic E-state index is -4.41. The zero-order valence-corrected chi connectivity index (χ0v) is 17.6. The van der Waals surface area contributed by atoms with E-state index in [4.69, 9.17) is 0 Å². The fourth-order valence-corrected chi connectivity index (χ4v) is 4.12. The molecule has 0 bridgehead atoms. The fraction of sp³-hybridized carbons (Fsp3) is 0.435. The van der Waals surface area contributed by atoms with Gasteiger partial charge in [-0.25, -0.2) is 4.98 Å². The highest BCUT2D eigenvalue weighted by atomic mass is 19.4. The van der Waals surface area contributed by atoms with Gasteiger partial charge in [-0.1, -0.05) is 12.1 Å². The normalized spacial score (nSPS) is 17.6. The summed E-state index contributed by atoms with van der Waals surface area (Å²) in [6, 6.07) is 9.76. The molecule has 9 heteroatoms. The molecule has 1 aromatic carbocycles. The molecule has 2 aliphatic rings. The summed E-state index contributed by atoms with van der Waals surface area (Å²) < 4.78 is 38.3. The van der Waals surface area contributed by atoms with E-state index in [-0.39, 0.29) is 11.8 Å². The summed E-state index contributed by atoms with van der Waals surface area (Å²) >= 11 is 0. The lowest BCUT2D eigenvalue weighted by molar-refractivity contribution is -0.137. The third-order valence-electron chi connectivity index (χ3n) is 5.93. The number of anilines is 1. The number of pyridine rings is 1. The minimum absolute atomic E-state index is 0.0731. The molecule has 1 aromatic heterocycles. The van der Waals surface area contributed by atoms with E-state index in [1.807, 2.05) is 21.9 Å². The molecule has 0 radical (unpaired) electrons. The van der Waals surface area contributed by atoms with Gasteiger partial charge < -0.3 is 14.7 Å². The number of carbonyl (C=O) groups is 2. The molecule has 0 atom stereocenters. The number of halogens is 3. The van der Waals surface area contributed by atoms with Gasteiger partial charge in [0.25, 0.3) is 5.91 Å². The summed E-state index contributed by atoms with van der Waals surface area (Å²) in [5.74, 6) is 0.575. The van der Waals surface area contributed by atoms with Gasteiger partial charge in [-0.2, -0.15) is 13.2 Å². The van der Waals surface area contributed by atoms with Crippen LogP contribution in [-0.2, 0) is 17.5 Å². The van der Waals surface area contributed by atoms with Crippen LogP contribution in [0, 0.1) is 0 Å². The molecular formula is C23H25F3N4O2. The average molecular weight is 446 g/mol. The van der Waals surface area contributed by atoms with Crippen molar-refractivity contribution in [1.29, 1.82) is 0 Å². The lowest BCUT2D eigenvalue weighted by atomic mass is 10.1. The Bertz CT molecular complexity index is 961. The van der Waals surface area contributed by atoms with Crippen LogP contribution in [0.1, 0.15) is 40.7 Å². The molecule has 0 spiro atoms. The molecule has 2 fully saturated rings. The number of nitrogens with zero attached hydrogens (tertiary/aromatic N) is 4. The summed E-state index contributed by atoms with van der Waals surface area (Å²) in [5, 5.41) is 0. The lowest BCUT2D eigenvalue weighted by Gasteiger charge is -2.23. The van der Waals surface area contributed by atoms with Crippen LogP contribution in [0.5, 0.6) is 0 Å². The Morgan fingerprint density at radius 2 is 1.72 bits per heavy atom. The van der Waals surface area contributed by atoms with Crippen LogP contribution < -0.4 is 4.90 Å². The summed E-state index contributed by atoms with van der Waals surface area (Å²) in [7, 11) is 0. The molecule has 2 aliphatic heterocycles. The molecule has 0 N–H and O–H groups in total. The summed E-state index contributed by atoms with van der Waals surface area (Å²) in [6.07, 6.45) is -1.37. The minimum Gasteiger partial charge on any atom is -0.355 e. The molecule has 32 heavy (non-hydrogen) atoms. The van der Waals surface area contributed by atoms with E-state index in [1.165, 1.54) is 6.07 Å². The number of amides is 2. The van der Waals surface area contributed by atoms with Gasteiger partial charge in [0.15, 0.2) is 0 Å². The maximum atomic E-state index is 13.0. The van der Waals surface area contributed by atoms with Crippen molar-refractivity contribution in [2.24, 2.45) is 0 Å². The maximum absolute atomic E-state index is 13.0. The van der Waals surface area contributed by atoms with E-state index in [2.05, 4.69) is 4.98 Å². The van der Waals surface area contributed by atoms with Gasteiger partial charge in [0.1, 0.15) is 5.82 Å². The van der Waals surface area contributed by atoms with Gasteiger partial charge in [0, 0.05) is 57.4 Å². The average Bonchev–Trinajstić information content (AvgIpc) is 3.03. The van der Waals surface area contributed by atoms with Gasteiger partial charge >= 0.3 is 6.18 Å². The van der Waals surface area contributed by atoms with Crippen molar-refractivity contribution < 1.29 is 22.8 Å². The predicted molar refractivity (Wildman–Crippen MR) is 113 cm³/mol. The first kappa shape index (κ1) is 22.1. The monoisotopic (exact) mass is 446 g/mol. The van der Waals surface area contributed by atoms with E-state index in [0.717, 1.165) is 30.8 Å². The topological polar surface area (TPSA) is 56.8 Å². The van der Waals surface area contributed by atoms with Crippen LogP contribution in [-0.4, -0.2) is 59.3 Å². The highest BCUT2D eigenvalue weighted by Crippen LogP contribution is 2.29. The highest BCUT2D eigenvalue weighted by Gasteiger charge is 2.31. The molecule has 6 nitrogen and oxygen atoms in total. The standard InChI is InChI=1S/C23H25F3N4O2/c24-23(25,26)19-8-9-20(27-15-19)28-11-2-12-29(14-13-28)22(32)18-6-4-17(5-7-18)16-30-10-1-3-21(30)31/h4-9,15H,1-3,10-14,16H2. The number of carbonyl (C=O) groups excluding carboxylic acids is 2. The molecule has 2 saturated heterocycles. The Labute approximate surface area is 184 Å². The Hall–Kier alpha value is -3.10. The summed E-state index contributed by atoms with van der Waals surface area (Å²) in [6.45, 7) is 3.49. The number of rotatable bonds is 4. The van der Waals surface area contributed by atoms with E-state index in [0.29, 0.717) is 56.9 Å². The van der Waals surface area contributed by atoms with Crippen LogP contribution >= 0.6 is 0 Å². The molecule has 2 amide bonds. The van der Waals surface area contributed by atoms with Crippen molar-refractivity contribution in [1.82, 2.24) is 14.8 Å². The zero-order chi connectivity index (χ0) is 22.7. The van der Waals surface area contributed by atoms with Crippen LogP contribution in [0.4, 0.5) is 19.0 Å². The van der Waals surface area contributed by atoms with Gasteiger partial charge in [-0.05, 0) is 42.7 Å². The van der Waals surface area contributed by atoms with Crippen molar-refractivity contribution in [2.45, 2.75) is 32.0 Å². The molecule has 2 aromatic rings. The predicted octanol–water partition coefficient (Wildman–Crippen LogP) is 3.58. The third-order valence-corrected chi connectivity index (χ3v) is 5.93. The smallest absolute Gasteiger partial charge is 0.355 e. The zero-order valence-electron chi connectivity index (χ0n) is 17.6. The second-order valence-electron chi connectivity index (χ2n) is 8.15. The quantitative estimate of drug-likeness (QED) is 0.721. The van der Waals surface area contributed by atoms with Crippen LogP contribution in [0.25, 0.3) is 0 Å². The SMILES string of the molecule is O=C1CCCN1Cc1ccc(C(=O)N2CCCN(c3ccc(C(F)(F)F)cn3)CC2)cc1. The van der Waals surface area contributed by atoms with E-state index < -0.39 is 11.7 Å². The Morgan fingerprint density at radius 1 is 0.938 bits per heavy atom. The largest absolute Gasteiger partial charge is 0.417 e. The maximum Gasteiger partial charge on any atom is 0.417 e. The van der Waals surface area contributed by atoms with Crippen molar-refractivity contribution >= 4 is 17.6 Å². The number of hydrogen-bond donors (Lipinski definition) is 0. The van der Waals surface area contributed by atoms with E-state index in [1.54, 1.807) is 17.0 Å². The summed E-state index contributed by atoms with van der Waals surface area (Å²) in [5.41, 5.74) is 0.806. The Kier molecular flexibility index (Phi) is 6.34. The molecule has 0 unspecified atom stereocenters. The first-order valence-corrected chi connectivity index (χ1v) is 10.8. The van der Waals surface area contributed by atoms with Gasteiger partial charge in [0.05, 0.1) is 5.56 Å². The second kappa shape index (κ2) is 9.18. The number of likely N-dealkylation sites (tertiary alicyclic amines) is 1. The third kappa shape index (κ3) is 5.03. The number of hydrogen-bond acceptors (Lipinski definition) is 4. The molecule has 3 heterocycles. The molecule has 0 saturated carbocycles. The van der Waals surface area contributed by atoms with Crippen LogP contribution in [0.3, 0.4) is 0 Å². The number of alkyl halides is 3. The van der Waals surface area contributed by atoms with E-state index >= 15 is 0 Å². The Morgan fingerprint density at radius 3 is 2.34 bits per heavy atom. The molecule has 170 valence electrons. The second-order valence-corrected chi connectivity index (χ2v) is 8.15. The lowest BCUT2D eigenvalue weighted by Crippen LogP contribution is -2.35. The first-order chi connectivity index (χ1) is 15.3. The highest BCUT2D eigenvalue weighted by molar-refractivity contribution is 5.94. The summed E-state index contributed by atoms with van der Waals surface area (Å²) in [4.78, 5) is 34.2. The Balaban J connectivity index is 1.35. The van der Waals surface area contributed by atoms with Gasteiger partial charge in [0.2, 0.25) is 5.91 Å². The molecule has 0 aliphatic carbocycles. The fourth-order valence-electron chi connectivity index (χ4n) is 4.12. The van der Waals surface area contributed by atoms with Crippen molar-refractivity contribution in [3.63, 3.8) is 0 Å². The van der Waals surface area contributed by atoms with Crippen molar-refractivity contribution in [3.05, 3.63) is 59.3 Å². The van der Waals surface area contributed by atoms with Crippen LogP contribution in [0.2, 0.25) is 0 Å².